The van der Waals surface area contributed by atoms with Crippen LogP contribution in [0.4, 0.5) is 0 Å². The molecule has 2 aromatic carbocycles. The van der Waals surface area contributed by atoms with E-state index < -0.39 is 84.4 Å². The molecule has 13 nitrogen and oxygen atoms in total. The first-order valence-electron chi connectivity index (χ1n) is 13.7. The van der Waals surface area contributed by atoms with Crippen LogP contribution in [0.1, 0.15) is 27.6 Å². The van der Waals surface area contributed by atoms with Crippen molar-refractivity contribution in [2.75, 3.05) is 27.4 Å². The average Bonchev–Trinajstić information content (AvgIpc) is 3.03. The van der Waals surface area contributed by atoms with E-state index in [1.807, 2.05) is 0 Å². The minimum atomic E-state index is -1.51. The zero-order chi connectivity index (χ0) is 31.3. The van der Waals surface area contributed by atoms with Gasteiger partial charge in [-0.15, -0.1) is 0 Å². The summed E-state index contributed by atoms with van der Waals surface area (Å²) in [6.07, 6.45) is -6.28. The first-order valence-corrected chi connectivity index (χ1v) is 14.7. The van der Waals surface area contributed by atoms with Gasteiger partial charge in [-0.1, -0.05) is 30.8 Å². The first kappa shape index (κ1) is 33.0. The van der Waals surface area contributed by atoms with Crippen LogP contribution < -0.4 is 20.1 Å². The van der Waals surface area contributed by atoms with Gasteiger partial charge in [-0.3, -0.25) is 9.59 Å². The predicted octanol–water partition coefficient (Wildman–Crippen LogP) is -0.513. The Kier molecular flexibility index (Phi) is 11.3. The number of hydrogen-bond acceptors (Lipinski definition) is 12. The molecule has 2 aliphatic heterocycles. The highest BCUT2D eigenvalue weighted by molar-refractivity contribution is 8.00. The molecule has 10 atom stereocenters. The van der Waals surface area contributed by atoms with E-state index in [4.69, 9.17) is 18.9 Å². The molecule has 43 heavy (non-hydrogen) atoms. The van der Waals surface area contributed by atoms with Crippen molar-refractivity contribution in [2.45, 2.75) is 60.4 Å². The van der Waals surface area contributed by atoms with Crippen LogP contribution in [0.3, 0.4) is 0 Å². The molecule has 0 saturated carbocycles. The van der Waals surface area contributed by atoms with Gasteiger partial charge in [0, 0.05) is 17.0 Å². The van der Waals surface area contributed by atoms with Gasteiger partial charge in [-0.25, -0.2) is 0 Å². The third-order valence-corrected chi connectivity index (χ3v) is 9.02. The highest BCUT2D eigenvalue weighted by Gasteiger charge is 2.50. The lowest BCUT2D eigenvalue weighted by Gasteiger charge is -2.47. The molecule has 4 unspecified atom stereocenters. The summed E-state index contributed by atoms with van der Waals surface area (Å²) >= 11 is 0.845. The fourth-order valence-electron chi connectivity index (χ4n) is 5.13. The smallest absolute Gasteiger partial charge is 0.251 e. The molecule has 0 aromatic heterocycles. The van der Waals surface area contributed by atoms with E-state index in [9.17, 15) is 35.1 Å². The highest BCUT2D eigenvalue weighted by Crippen LogP contribution is 2.38. The Morgan fingerprint density at radius 3 is 1.72 bits per heavy atom. The van der Waals surface area contributed by atoms with Crippen LogP contribution in [0.5, 0.6) is 11.5 Å². The Hall–Kier alpha value is -2.95. The Morgan fingerprint density at radius 1 is 0.767 bits per heavy atom. The molecular weight excluding hydrogens is 584 g/mol. The van der Waals surface area contributed by atoms with Crippen LogP contribution in [0.15, 0.2) is 48.5 Å². The van der Waals surface area contributed by atoms with Gasteiger partial charge in [0.2, 0.25) is 0 Å². The largest absolute Gasteiger partial charge is 0.497 e. The van der Waals surface area contributed by atoms with Gasteiger partial charge in [0.05, 0.1) is 45.6 Å². The van der Waals surface area contributed by atoms with Gasteiger partial charge in [-0.05, 0) is 36.4 Å². The van der Waals surface area contributed by atoms with E-state index in [-0.39, 0.29) is 5.56 Å². The molecule has 4 rings (SSSR count). The number of carbonyl (C=O) groups excluding carboxylic acids is 2. The van der Waals surface area contributed by atoms with Crippen LogP contribution in [0.2, 0.25) is 0 Å². The molecule has 0 spiro atoms. The lowest BCUT2D eigenvalue weighted by atomic mass is 9.89. The quantitative estimate of drug-likeness (QED) is 0.180. The van der Waals surface area contributed by atoms with Crippen molar-refractivity contribution in [1.29, 1.82) is 0 Å². The topological polar surface area (TPSA) is 196 Å². The zero-order valence-corrected chi connectivity index (χ0v) is 24.7. The molecule has 14 heteroatoms. The molecule has 236 valence electrons. The Morgan fingerprint density at radius 2 is 1.23 bits per heavy atom. The molecule has 2 heterocycles. The van der Waals surface area contributed by atoms with Crippen molar-refractivity contribution in [2.24, 2.45) is 5.92 Å². The SMILES string of the molecule is COc1cccc(C(=O)NC2C(O)[C@H](S[C@@H]3OC(CO)[C@H](O)C(NC(=O)c4cccc(OC)c4)[C@@H]3O)O[C@H](CO)[C@@H]2C)c1. The van der Waals surface area contributed by atoms with Gasteiger partial charge < -0.3 is 55.1 Å². The fraction of sp³-hybridized carbons (Fsp3) is 0.517. The second-order valence-corrected chi connectivity index (χ2v) is 11.6. The standard InChI is InChI=1S/C29H38N2O11S/c1-14-19(12-32)41-28(24(35)21(14)30-26(37)15-6-4-8-17(10-15)39-2)43-29-25(36)22(23(34)20(13-33)42-29)31-27(38)16-7-5-9-18(11-16)40-3/h4-11,14,19-25,28-29,32-36H,12-13H2,1-3H3,(H,30,37)(H,31,38)/t14-,19+,20?,21?,22?,23-,24?,25-,28-,29-/m0/s1. The number of benzene rings is 2. The number of carbonyl (C=O) groups is 2. The summed E-state index contributed by atoms with van der Waals surface area (Å²) in [5, 5.41) is 58.7. The van der Waals surface area contributed by atoms with Crippen LogP contribution in [0, 0.1) is 5.92 Å². The number of methoxy groups -OCH3 is 2. The van der Waals surface area contributed by atoms with Crippen LogP contribution in [-0.4, -0.2) is 118 Å². The van der Waals surface area contributed by atoms with E-state index in [0.29, 0.717) is 17.1 Å². The van der Waals surface area contributed by atoms with Gasteiger partial charge in [0.25, 0.3) is 11.8 Å². The molecule has 2 aliphatic rings. The average molecular weight is 623 g/mol. The summed E-state index contributed by atoms with van der Waals surface area (Å²) in [7, 11) is 2.93. The minimum absolute atomic E-state index is 0.218. The molecular formula is C29H38N2O11S. The number of hydrogen-bond donors (Lipinski definition) is 7. The van der Waals surface area contributed by atoms with E-state index in [2.05, 4.69) is 10.6 Å². The minimum Gasteiger partial charge on any atom is -0.497 e. The van der Waals surface area contributed by atoms with E-state index in [1.165, 1.54) is 26.4 Å². The van der Waals surface area contributed by atoms with Gasteiger partial charge in [0.15, 0.2) is 0 Å². The Balaban J connectivity index is 1.51. The van der Waals surface area contributed by atoms with Crippen LogP contribution in [0.25, 0.3) is 0 Å². The molecule has 2 amide bonds. The predicted molar refractivity (Wildman–Crippen MR) is 155 cm³/mol. The summed E-state index contributed by atoms with van der Waals surface area (Å²) in [4.78, 5) is 26.1. The summed E-state index contributed by atoms with van der Waals surface area (Å²) in [5.74, 6) is -0.674. The van der Waals surface area contributed by atoms with Crippen molar-refractivity contribution < 1.29 is 54.1 Å². The second-order valence-electron chi connectivity index (χ2n) is 10.4. The molecule has 2 aromatic rings. The molecule has 0 radical (unpaired) electrons. The maximum Gasteiger partial charge on any atom is 0.251 e. The maximum atomic E-state index is 13.1. The number of rotatable bonds is 10. The van der Waals surface area contributed by atoms with Gasteiger partial charge in [-0.2, -0.15) is 0 Å². The molecule has 0 bridgehead atoms. The number of thioether (sulfide) groups is 1. The van der Waals surface area contributed by atoms with Gasteiger partial charge >= 0.3 is 0 Å². The van der Waals surface area contributed by atoms with Crippen molar-refractivity contribution in [3.8, 4) is 11.5 Å². The number of aliphatic hydroxyl groups is 5. The molecule has 2 fully saturated rings. The summed E-state index contributed by atoms with van der Waals surface area (Å²) in [6.45, 7) is 0.678. The van der Waals surface area contributed by atoms with Crippen molar-refractivity contribution in [3.05, 3.63) is 59.7 Å². The Bertz CT molecular complexity index is 1160. The number of aliphatic hydroxyl groups excluding tert-OH is 5. The zero-order valence-electron chi connectivity index (χ0n) is 23.9. The number of nitrogens with one attached hydrogen (secondary N) is 2. The normalized spacial score (nSPS) is 32.5. The Labute approximate surface area is 253 Å². The maximum absolute atomic E-state index is 13.1. The van der Waals surface area contributed by atoms with Crippen molar-refractivity contribution in [1.82, 2.24) is 10.6 Å². The van der Waals surface area contributed by atoms with Gasteiger partial charge in [0.1, 0.15) is 46.8 Å². The summed E-state index contributed by atoms with van der Waals surface area (Å²) < 4.78 is 22.0. The van der Waals surface area contributed by atoms with E-state index in [0.717, 1.165) is 11.8 Å². The number of amides is 2. The van der Waals surface area contributed by atoms with Crippen LogP contribution >= 0.6 is 11.8 Å². The van der Waals surface area contributed by atoms with Crippen molar-refractivity contribution >= 4 is 23.6 Å². The van der Waals surface area contributed by atoms with Crippen molar-refractivity contribution in [3.63, 3.8) is 0 Å². The highest BCUT2D eigenvalue weighted by atomic mass is 32.2. The third-order valence-electron chi connectivity index (χ3n) is 7.70. The van der Waals surface area contributed by atoms with E-state index in [1.54, 1.807) is 43.3 Å². The summed E-state index contributed by atoms with van der Waals surface area (Å²) in [5.41, 5.74) is -1.79. The molecule has 7 N–H and O–H groups in total. The molecule has 2 saturated heterocycles. The fourth-order valence-corrected chi connectivity index (χ4v) is 6.47. The molecule has 0 aliphatic carbocycles. The van der Waals surface area contributed by atoms with E-state index >= 15 is 0 Å². The monoisotopic (exact) mass is 622 g/mol. The van der Waals surface area contributed by atoms with Crippen LogP contribution in [-0.2, 0) is 9.47 Å². The summed E-state index contributed by atoms with van der Waals surface area (Å²) in [6, 6.07) is 10.7. The third kappa shape index (κ3) is 7.41. The lowest BCUT2D eigenvalue weighted by Crippen LogP contribution is -2.65. The lowest BCUT2D eigenvalue weighted by molar-refractivity contribution is -0.168. The number of ether oxygens (including phenoxy) is 4. The first-order chi connectivity index (χ1) is 20.6. The second kappa shape index (κ2) is 14.7.